The third-order valence-electron chi connectivity index (χ3n) is 3.02. The summed E-state index contributed by atoms with van der Waals surface area (Å²) in [6.45, 7) is 2.21. The summed E-state index contributed by atoms with van der Waals surface area (Å²) in [5.41, 5.74) is 0.766. The van der Waals surface area contributed by atoms with E-state index in [-0.39, 0.29) is 0 Å². The molecule has 1 aromatic heterocycles. The average molecular weight is 270 g/mol. The van der Waals surface area contributed by atoms with Crippen molar-refractivity contribution in [1.82, 2.24) is 9.29 Å². The summed E-state index contributed by atoms with van der Waals surface area (Å²) >= 11 is 0. The Morgan fingerprint density at radius 2 is 2.33 bits per heavy atom. The highest BCUT2D eigenvalue weighted by Gasteiger charge is 2.24. The maximum absolute atomic E-state index is 11.8. The van der Waals surface area contributed by atoms with Crippen molar-refractivity contribution in [2.24, 2.45) is 5.92 Å². The van der Waals surface area contributed by atoms with Gasteiger partial charge in [-0.25, -0.2) is 8.42 Å². The Morgan fingerprint density at radius 3 is 2.89 bits per heavy atom. The number of ether oxygens (including phenoxy) is 1. The molecule has 100 valence electrons. The van der Waals surface area contributed by atoms with E-state index >= 15 is 0 Å². The number of nitrogens with zero attached hydrogens (tertiary/aromatic N) is 2. The van der Waals surface area contributed by atoms with Crippen molar-refractivity contribution >= 4 is 10.0 Å². The number of hydrogen-bond acceptors (Lipinski definition) is 4. The molecule has 18 heavy (non-hydrogen) atoms. The van der Waals surface area contributed by atoms with E-state index in [1.807, 2.05) is 18.2 Å². The van der Waals surface area contributed by atoms with Crippen molar-refractivity contribution < 1.29 is 13.2 Å². The van der Waals surface area contributed by atoms with Gasteiger partial charge in [0.2, 0.25) is 10.0 Å². The molecule has 0 N–H and O–H groups in total. The molecule has 0 saturated carbocycles. The van der Waals surface area contributed by atoms with Crippen LogP contribution in [0.4, 0.5) is 0 Å². The number of sulfonamides is 1. The Hall–Kier alpha value is -0.980. The van der Waals surface area contributed by atoms with E-state index in [4.69, 9.17) is 4.74 Å². The fourth-order valence-electron chi connectivity index (χ4n) is 2.00. The SMILES string of the molecule is CS(=O)(=O)N(Cc1ccccn1)CC1CCOC1. The minimum atomic E-state index is -3.21. The second-order valence-electron chi connectivity index (χ2n) is 4.61. The Morgan fingerprint density at radius 1 is 1.50 bits per heavy atom. The first-order valence-electron chi connectivity index (χ1n) is 5.98. The Labute approximate surface area is 108 Å². The fraction of sp³-hybridized carbons (Fsp3) is 0.583. The summed E-state index contributed by atoms with van der Waals surface area (Å²) in [4.78, 5) is 4.17. The largest absolute Gasteiger partial charge is 0.381 e. The van der Waals surface area contributed by atoms with Gasteiger partial charge in [-0.15, -0.1) is 0 Å². The zero-order chi connectivity index (χ0) is 13.0. The molecule has 1 aliphatic rings. The van der Waals surface area contributed by atoms with Crippen molar-refractivity contribution in [3.05, 3.63) is 30.1 Å². The van der Waals surface area contributed by atoms with E-state index < -0.39 is 10.0 Å². The standard InChI is InChI=1S/C12H18N2O3S/c1-18(15,16)14(8-11-5-7-17-10-11)9-12-4-2-3-6-13-12/h2-4,6,11H,5,7-10H2,1H3. The smallest absolute Gasteiger partial charge is 0.211 e. The highest BCUT2D eigenvalue weighted by molar-refractivity contribution is 7.88. The average Bonchev–Trinajstić information content (AvgIpc) is 2.81. The van der Waals surface area contributed by atoms with Gasteiger partial charge in [0.05, 0.1) is 25.1 Å². The molecule has 1 saturated heterocycles. The van der Waals surface area contributed by atoms with Crippen LogP contribution in [0.5, 0.6) is 0 Å². The second-order valence-corrected chi connectivity index (χ2v) is 6.59. The molecular formula is C12H18N2O3S. The first kappa shape index (κ1) is 13.5. The quantitative estimate of drug-likeness (QED) is 0.797. The second kappa shape index (κ2) is 5.77. The van der Waals surface area contributed by atoms with Crippen LogP contribution < -0.4 is 0 Å². The van der Waals surface area contributed by atoms with Gasteiger partial charge in [0.1, 0.15) is 0 Å². The zero-order valence-electron chi connectivity index (χ0n) is 10.4. The van der Waals surface area contributed by atoms with Crippen molar-refractivity contribution in [1.29, 1.82) is 0 Å². The van der Waals surface area contributed by atoms with E-state index in [2.05, 4.69) is 4.98 Å². The topological polar surface area (TPSA) is 59.5 Å². The molecule has 1 fully saturated rings. The van der Waals surface area contributed by atoms with Gasteiger partial charge >= 0.3 is 0 Å². The van der Waals surface area contributed by atoms with E-state index in [1.165, 1.54) is 10.6 Å². The molecule has 1 aliphatic heterocycles. The van der Waals surface area contributed by atoms with Crippen LogP contribution in [0, 0.1) is 5.92 Å². The van der Waals surface area contributed by atoms with Gasteiger partial charge in [0.15, 0.2) is 0 Å². The van der Waals surface area contributed by atoms with Crippen molar-refractivity contribution in [3.63, 3.8) is 0 Å². The molecule has 0 aliphatic carbocycles. The molecule has 0 aromatic carbocycles. The van der Waals surface area contributed by atoms with Crippen LogP contribution in [-0.4, -0.2) is 43.7 Å². The molecule has 2 heterocycles. The lowest BCUT2D eigenvalue weighted by Gasteiger charge is -2.22. The first-order valence-corrected chi connectivity index (χ1v) is 7.83. The van der Waals surface area contributed by atoms with Gasteiger partial charge in [0, 0.05) is 19.3 Å². The van der Waals surface area contributed by atoms with E-state index in [9.17, 15) is 8.42 Å². The summed E-state index contributed by atoms with van der Waals surface area (Å²) in [5, 5.41) is 0. The summed E-state index contributed by atoms with van der Waals surface area (Å²) < 4.78 is 30.3. The fourth-order valence-corrected chi connectivity index (χ4v) is 2.85. The van der Waals surface area contributed by atoms with Crippen molar-refractivity contribution in [2.45, 2.75) is 13.0 Å². The van der Waals surface area contributed by atoms with Gasteiger partial charge in [-0.3, -0.25) is 4.98 Å². The van der Waals surface area contributed by atoms with Crippen LogP contribution in [0.1, 0.15) is 12.1 Å². The van der Waals surface area contributed by atoms with E-state index in [1.54, 1.807) is 6.20 Å². The molecular weight excluding hydrogens is 252 g/mol. The highest BCUT2D eigenvalue weighted by Crippen LogP contribution is 2.17. The highest BCUT2D eigenvalue weighted by atomic mass is 32.2. The summed E-state index contributed by atoms with van der Waals surface area (Å²) in [6, 6.07) is 5.52. The van der Waals surface area contributed by atoms with Gasteiger partial charge in [0.25, 0.3) is 0 Å². The van der Waals surface area contributed by atoms with Crippen molar-refractivity contribution in [3.8, 4) is 0 Å². The number of aromatic nitrogens is 1. The van der Waals surface area contributed by atoms with Crippen LogP contribution >= 0.6 is 0 Å². The van der Waals surface area contributed by atoms with Gasteiger partial charge < -0.3 is 4.74 Å². The molecule has 1 aromatic rings. The molecule has 1 unspecified atom stereocenters. The molecule has 0 spiro atoms. The molecule has 0 bridgehead atoms. The maximum Gasteiger partial charge on any atom is 0.211 e. The normalized spacial score (nSPS) is 20.4. The number of hydrogen-bond donors (Lipinski definition) is 0. The Bertz CT molecular complexity index is 469. The van der Waals surface area contributed by atoms with Gasteiger partial charge in [-0.1, -0.05) is 6.07 Å². The minimum Gasteiger partial charge on any atom is -0.381 e. The molecule has 0 radical (unpaired) electrons. The maximum atomic E-state index is 11.8. The molecule has 2 rings (SSSR count). The predicted octanol–water partition coefficient (Wildman–Crippen LogP) is 0.880. The molecule has 6 heteroatoms. The lowest BCUT2D eigenvalue weighted by atomic mass is 10.1. The monoisotopic (exact) mass is 270 g/mol. The van der Waals surface area contributed by atoms with E-state index in [0.717, 1.165) is 18.7 Å². The van der Waals surface area contributed by atoms with Crippen LogP contribution in [0.25, 0.3) is 0 Å². The van der Waals surface area contributed by atoms with Crippen molar-refractivity contribution in [2.75, 3.05) is 26.0 Å². The molecule has 0 amide bonds. The molecule has 1 atom stereocenters. The summed E-state index contributed by atoms with van der Waals surface area (Å²) in [5.74, 6) is 0.295. The number of rotatable bonds is 5. The van der Waals surface area contributed by atoms with Gasteiger partial charge in [-0.2, -0.15) is 4.31 Å². The minimum absolute atomic E-state index is 0.295. The Kier molecular flexibility index (Phi) is 4.31. The lowest BCUT2D eigenvalue weighted by molar-refractivity contribution is 0.180. The summed E-state index contributed by atoms with van der Waals surface area (Å²) in [6.07, 6.45) is 3.84. The van der Waals surface area contributed by atoms with E-state index in [0.29, 0.717) is 25.6 Å². The first-order chi connectivity index (χ1) is 8.55. The third kappa shape index (κ3) is 3.76. The van der Waals surface area contributed by atoms with Crippen LogP contribution in [0.2, 0.25) is 0 Å². The van der Waals surface area contributed by atoms with Crippen LogP contribution in [0.3, 0.4) is 0 Å². The lowest BCUT2D eigenvalue weighted by Crippen LogP contribution is -2.34. The van der Waals surface area contributed by atoms with Gasteiger partial charge in [-0.05, 0) is 24.5 Å². The predicted molar refractivity (Wildman–Crippen MR) is 68.4 cm³/mol. The van der Waals surface area contributed by atoms with Crippen LogP contribution in [0.15, 0.2) is 24.4 Å². The van der Waals surface area contributed by atoms with Crippen LogP contribution in [-0.2, 0) is 21.3 Å². The summed E-state index contributed by atoms with van der Waals surface area (Å²) in [7, 11) is -3.21. The number of pyridine rings is 1. The molecule has 5 nitrogen and oxygen atoms in total. The zero-order valence-corrected chi connectivity index (χ0v) is 11.3. The Balaban J connectivity index is 2.06. The third-order valence-corrected chi connectivity index (χ3v) is 4.24.